The molecule has 2 atom stereocenters. The highest BCUT2D eigenvalue weighted by Gasteiger charge is 2.29. The molecule has 1 N–H and O–H groups in total. The molecule has 1 aliphatic rings. The number of rotatable bonds is 7. The third kappa shape index (κ3) is 6.05. The van der Waals surface area contributed by atoms with E-state index in [4.69, 9.17) is 9.26 Å². The summed E-state index contributed by atoms with van der Waals surface area (Å²) in [5.41, 5.74) is 0. The van der Waals surface area contributed by atoms with Crippen LogP contribution in [0.1, 0.15) is 38.9 Å². The molecule has 26 heavy (non-hydrogen) atoms. The molecule has 1 aromatic heterocycles. The maximum absolute atomic E-state index is 12.3. The van der Waals surface area contributed by atoms with Gasteiger partial charge in [-0.05, 0) is 40.0 Å². The fourth-order valence-electron chi connectivity index (χ4n) is 3.00. The van der Waals surface area contributed by atoms with Crippen molar-refractivity contribution < 1.29 is 23.6 Å². The molecule has 8 nitrogen and oxygen atoms in total. The molecule has 1 aromatic rings. The molecule has 0 bridgehead atoms. The summed E-state index contributed by atoms with van der Waals surface area (Å²) in [7, 11) is 0. The van der Waals surface area contributed by atoms with Crippen molar-refractivity contribution in [3.63, 3.8) is 0 Å². The van der Waals surface area contributed by atoms with Crippen LogP contribution in [0.2, 0.25) is 0 Å². The molecule has 144 valence electrons. The van der Waals surface area contributed by atoms with E-state index in [0.717, 1.165) is 31.0 Å². The fourth-order valence-corrected chi connectivity index (χ4v) is 3.61. The SMILES string of the molecule is Cc1cc(NC(=O)CSCC(=O)OCC(=O)N2[C@@H](C)CCC[C@@H]2C)no1. The molecule has 9 heteroatoms. The molecule has 0 aromatic carbocycles. The summed E-state index contributed by atoms with van der Waals surface area (Å²) in [5.74, 6) is 0.0550. The Balaban J connectivity index is 1.64. The van der Waals surface area contributed by atoms with E-state index in [1.54, 1.807) is 17.9 Å². The van der Waals surface area contributed by atoms with Gasteiger partial charge in [-0.25, -0.2) is 0 Å². The zero-order valence-corrected chi connectivity index (χ0v) is 16.1. The highest BCUT2D eigenvalue weighted by molar-refractivity contribution is 8.00. The highest BCUT2D eigenvalue weighted by Crippen LogP contribution is 2.22. The molecule has 0 spiro atoms. The molecular formula is C17H25N3O5S. The minimum Gasteiger partial charge on any atom is -0.455 e. The van der Waals surface area contributed by atoms with Crippen LogP contribution in [-0.4, -0.2) is 58.0 Å². The van der Waals surface area contributed by atoms with E-state index in [1.165, 1.54) is 0 Å². The van der Waals surface area contributed by atoms with Crippen molar-refractivity contribution in [3.05, 3.63) is 11.8 Å². The van der Waals surface area contributed by atoms with Crippen LogP contribution in [0.4, 0.5) is 5.82 Å². The summed E-state index contributed by atoms with van der Waals surface area (Å²) in [4.78, 5) is 37.6. The second-order valence-corrected chi connectivity index (χ2v) is 7.44. The second kappa shape index (κ2) is 9.61. The van der Waals surface area contributed by atoms with E-state index in [-0.39, 0.29) is 42.0 Å². The Morgan fingerprint density at radius 3 is 2.62 bits per heavy atom. The zero-order valence-electron chi connectivity index (χ0n) is 15.3. The minimum atomic E-state index is -0.509. The second-order valence-electron chi connectivity index (χ2n) is 6.45. The van der Waals surface area contributed by atoms with Crippen molar-refractivity contribution in [1.82, 2.24) is 10.1 Å². The number of hydrogen-bond acceptors (Lipinski definition) is 7. The molecule has 2 heterocycles. The number of anilines is 1. The van der Waals surface area contributed by atoms with Gasteiger partial charge in [0.05, 0.1) is 11.5 Å². The highest BCUT2D eigenvalue weighted by atomic mass is 32.2. The van der Waals surface area contributed by atoms with Crippen LogP contribution >= 0.6 is 11.8 Å². The van der Waals surface area contributed by atoms with E-state index < -0.39 is 5.97 Å². The Kier molecular flexibility index (Phi) is 7.50. The lowest BCUT2D eigenvalue weighted by molar-refractivity contribution is -0.153. The topological polar surface area (TPSA) is 102 Å². The van der Waals surface area contributed by atoms with E-state index in [1.807, 2.05) is 13.8 Å². The lowest BCUT2D eigenvalue weighted by Crippen LogP contribution is -2.49. The first kappa shape index (κ1) is 20.3. The minimum absolute atomic E-state index is 0.00362. The number of piperidine rings is 1. The van der Waals surface area contributed by atoms with Crippen LogP contribution in [0.3, 0.4) is 0 Å². The Hall–Kier alpha value is -2.03. The fraction of sp³-hybridized carbons (Fsp3) is 0.647. The van der Waals surface area contributed by atoms with Gasteiger partial charge in [-0.3, -0.25) is 14.4 Å². The summed E-state index contributed by atoms with van der Waals surface area (Å²) >= 11 is 1.11. The number of carbonyl (C=O) groups excluding carboxylic acids is 3. The molecular weight excluding hydrogens is 358 g/mol. The maximum atomic E-state index is 12.3. The van der Waals surface area contributed by atoms with E-state index >= 15 is 0 Å². The van der Waals surface area contributed by atoms with Gasteiger partial charge in [0.1, 0.15) is 5.76 Å². The van der Waals surface area contributed by atoms with Crippen molar-refractivity contribution in [2.45, 2.75) is 52.1 Å². The molecule has 0 unspecified atom stereocenters. The Morgan fingerprint density at radius 2 is 2.00 bits per heavy atom. The predicted molar refractivity (Wildman–Crippen MR) is 97.8 cm³/mol. The van der Waals surface area contributed by atoms with Crippen LogP contribution in [0, 0.1) is 6.92 Å². The first-order valence-electron chi connectivity index (χ1n) is 8.64. The molecule has 1 aliphatic heterocycles. The molecule has 2 amide bonds. The van der Waals surface area contributed by atoms with Crippen LogP contribution in [-0.2, 0) is 19.1 Å². The summed E-state index contributed by atoms with van der Waals surface area (Å²) in [5, 5.41) is 6.22. The van der Waals surface area contributed by atoms with Gasteiger partial charge < -0.3 is 19.5 Å². The number of amides is 2. The Morgan fingerprint density at radius 1 is 1.31 bits per heavy atom. The number of carbonyl (C=O) groups is 3. The van der Waals surface area contributed by atoms with Crippen LogP contribution in [0.25, 0.3) is 0 Å². The quantitative estimate of drug-likeness (QED) is 0.718. The van der Waals surface area contributed by atoms with Crippen LogP contribution in [0.15, 0.2) is 10.6 Å². The van der Waals surface area contributed by atoms with Crippen molar-refractivity contribution in [3.8, 4) is 0 Å². The number of aromatic nitrogens is 1. The first-order valence-corrected chi connectivity index (χ1v) is 9.80. The van der Waals surface area contributed by atoms with Gasteiger partial charge >= 0.3 is 5.97 Å². The van der Waals surface area contributed by atoms with Crippen LogP contribution in [0.5, 0.6) is 0 Å². The smallest absolute Gasteiger partial charge is 0.316 e. The van der Waals surface area contributed by atoms with Gasteiger partial charge in [0, 0.05) is 18.2 Å². The number of ether oxygens (including phenoxy) is 1. The van der Waals surface area contributed by atoms with Gasteiger partial charge in [0.25, 0.3) is 5.91 Å². The van der Waals surface area contributed by atoms with Crippen molar-refractivity contribution >= 4 is 35.4 Å². The number of nitrogens with one attached hydrogen (secondary N) is 1. The lowest BCUT2D eigenvalue weighted by Gasteiger charge is -2.38. The number of thioether (sulfide) groups is 1. The largest absolute Gasteiger partial charge is 0.455 e. The molecule has 1 fully saturated rings. The predicted octanol–water partition coefficient (Wildman–Crippen LogP) is 1.99. The van der Waals surface area contributed by atoms with Crippen LogP contribution < -0.4 is 5.32 Å². The number of aryl methyl sites for hydroxylation is 1. The summed E-state index contributed by atoms with van der Waals surface area (Å²) in [6, 6.07) is 1.94. The van der Waals surface area contributed by atoms with Gasteiger partial charge in [-0.2, -0.15) is 0 Å². The van der Waals surface area contributed by atoms with Gasteiger partial charge in [-0.15, -0.1) is 11.8 Å². The van der Waals surface area contributed by atoms with E-state index in [9.17, 15) is 14.4 Å². The molecule has 0 saturated carbocycles. The molecule has 2 rings (SSSR count). The third-order valence-electron chi connectivity index (χ3n) is 4.19. The van der Waals surface area contributed by atoms with Crippen molar-refractivity contribution in [2.24, 2.45) is 0 Å². The first-order chi connectivity index (χ1) is 12.4. The van der Waals surface area contributed by atoms with E-state index in [2.05, 4.69) is 10.5 Å². The summed E-state index contributed by atoms with van der Waals surface area (Å²) in [6.07, 6.45) is 3.05. The number of esters is 1. The normalized spacial score (nSPS) is 19.9. The molecule has 0 radical (unpaired) electrons. The Bertz CT molecular complexity index is 638. The monoisotopic (exact) mass is 383 g/mol. The van der Waals surface area contributed by atoms with Crippen molar-refractivity contribution in [1.29, 1.82) is 0 Å². The van der Waals surface area contributed by atoms with Gasteiger partial charge in [0.2, 0.25) is 5.91 Å². The number of nitrogens with zero attached hydrogens (tertiary/aromatic N) is 2. The van der Waals surface area contributed by atoms with Gasteiger partial charge in [0.15, 0.2) is 12.4 Å². The Labute approximate surface area is 157 Å². The lowest BCUT2D eigenvalue weighted by atomic mass is 9.97. The summed E-state index contributed by atoms with van der Waals surface area (Å²) in [6.45, 7) is 5.50. The third-order valence-corrected chi connectivity index (χ3v) is 5.09. The summed E-state index contributed by atoms with van der Waals surface area (Å²) < 4.78 is 9.89. The average Bonchev–Trinajstić information content (AvgIpc) is 2.97. The average molecular weight is 383 g/mol. The maximum Gasteiger partial charge on any atom is 0.316 e. The number of hydrogen-bond donors (Lipinski definition) is 1. The van der Waals surface area contributed by atoms with Gasteiger partial charge in [-0.1, -0.05) is 5.16 Å². The van der Waals surface area contributed by atoms with Crippen molar-refractivity contribution in [2.75, 3.05) is 23.4 Å². The van der Waals surface area contributed by atoms with E-state index in [0.29, 0.717) is 11.6 Å². The number of likely N-dealkylation sites (tertiary alicyclic amines) is 1. The molecule has 0 aliphatic carbocycles. The standard InChI is InChI=1S/C17H25N3O5S/c1-11-5-4-6-12(2)20(11)16(22)8-24-17(23)10-26-9-15(21)18-14-7-13(3)25-19-14/h7,11-12H,4-6,8-10H2,1-3H3,(H,18,19,21)/t11-,12-/m0/s1. The zero-order chi connectivity index (χ0) is 19.1. The molecule has 1 saturated heterocycles.